The summed E-state index contributed by atoms with van der Waals surface area (Å²) >= 11 is 0. The largest absolute Gasteiger partial charge is 0.312 e. The molecule has 1 saturated heterocycles. The molecule has 0 spiro atoms. The van der Waals surface area contributed by atoms with E-state index in [0.29, 0.717) is 13.1 Å². The molecule has 0 radical (unpaired) electrons. The molecule has 0 unspecified atom stereocenters. The second-order valence-corrected chi connectivity index (χ2v) is 6.11. The molecule has 2 aromatic carbocycles. The topological polar surface area (TPSA) is 40.6 Å². The van der Waals surface area contributed by atoms with Gasteiger partial charge in [0.15, 0.2) is 0 Å². The first-order chi connectivity index (χ1) is 11.6. The highest BCUT2D eigenvalue weighted by atomic mass is 16.2. The van der Waals surface area contributed by atoms with Crippen molar-refractivity contribution in [2.24, 2.45) is 5.92 Å². The lowest BCUT2D eigenvalue weighted by atomic mass is 10.1. The molecule has 3 rings (SSSR count). The quantitative estimate of drug-likeness (QED) is 0.865. The van der Waals surface area contributed by atoms with E-state index in [1.54, 1.807) is 9.80 Å². The highest BCUT2D eigenvalue weighted by Gasteiger charge is 2.37. The predicted octanol–water partition coefficient (Wildman–Crippen LogP) is 3.40. The van der Waals surface area contributed by atoms with E-state index in [1.807, 2.05) is 68.4 Å². The fourth-order valence-corrected chi connectivity index (χ4v) is 3.27. The third-order valence-electron chi connectivity index (χ3n) is 4.53. The number of amides is 2. The van der Waals surface area contributed by atoms with Crippen molar-refractivity contribution in [2.75, 3.05) is 22.9 Å². The minimum atomic E-state index is -0.294. The number of carbonyl (C=O) groups excluding carboxylic acids is 2. The monoisotopic (exact) mass is 322 g/mol. The van der Waals surface area contributed by atoms with Gasteiger partial charge in [-0.15, -0.1) is 0 Å². The lowest BCUT2D eigenvalue weighted by Gasteiger charge is -2.24. The van der Waals surface area contributed by atoms with Crippen LogP contribution in [0.3, 0.4) is 0 Å². The molecule has 2 amide bonds. The highest BCUT2D eigenvalue weighted by molar-refractivity contribution is 6.04. The molecule has 0 saturated carbocycles. The van der Waals surface area contributed by atoms with Gasteiger partial charge in [0.1, 0.15) is 0 Å². The lowest BCUT2D eigenvalue weighted by Crippen LogP contribution is -2.37. The molecule has 1 fully saturated rings. The molecule has 0 bridgehead atoms. The Morgan fingerprint density at radius 1 is 1.12 bits per heavy atom. The summed E-state index contributed by atoms with van der Waals surface area (Å²) in [7, 11) is 0. The standard InChI is InChI=1S/C20H22N2O2/c1-3-21(17-10-5-4-6-11-17)20(24)16-13-19(23)22(14-16)18-12-8-7-9-15(18)2/h4-12,16H,3,13-14H2,1-2H3/t16-/m1/s1. The van der Waals surface area contributed by atoms with Crippen molar-refractivity contribution in [1.29, 1.82) is 0 Å². The van der Waals surface area contributed by atoms with Gasteiger partial charge in [-0.05, 0) is 37.6 Å². The molecule has 1 heterocycles. The van der Waals surface area contributed by atoms with Gasteiger partial charge in [0.2, 0.25) is 11.8 Å². The van der Waals surface area contributed by atoms with Crippen molar-refractivity contribution in [3.8, 4) is 0 Å². The van der Waals surface area contributed by atoms with Crippen molar-refractivity contribution < 1.29 is 9.59 Å². The summed E-state index contributed by atoms with van der Waals surface area (Å²) < 4.78 is 0. The number of carbonyl (C=O) groups is 2. The Balaban J connectivity index is 1.80. The van der Waals surface area contributed by atoms with Gasteiger partial charge in [-0.1, -0.05) is 36.4 Å². The van der Waals surface area contributed by atoms with Crippen LogP contribution in [0.1, 0.15) is 18.9 Å². The van der Waals surface area contributed by atoms with Crippen molar-refractivity contribution in [2.45, 2.75) is 20.3 Å². The maximum absolute atomic E-state index is 12.9. The highest BCUT2D eigenvalue weighted by Crippen LogP contribution is 2.29. The second-order valence-electron chi connectivity index (χ2n) is 6.11. The van der Waals surface area contributed by atoms with Crippen molar-refractivity contribution in [3.63, 3.8) is 0 Å². The Kier molecular flexibility index (Phi) is 4.65. The third kappa shape index (κ3) is 3.04. The average molecular weight is 322 g/mol. The van der Waals surface area contributed by atoms with Crippen LogP contribution in [0, 0.1) is 12.8 Å². The van der Waals surface area contributed by atoms with Crippen LogP contribution >= 0.6 is 0 Å². The van der Waals surface area contributed by atoms with Gasteiger partial charge in [-0.3, -0.25) is 9.59 Å². The smallest absolute Gasteiger partial charge is 0.232 e. The Morgan fingerprint density at radius 2 is 1.79 bits per heavy atom. The number of hydrogen-bond acceptors (Lipinski definition) is 2. The zero-order chi connectivity index (χ0) is 17.1. The predicted molar refractivity (Wildman–Crippen MR) is 96.1 cm³/mol. The van der Waals surface area contributed by atoms with Gasteiger partial charge in [0.05, 0.1) is 5.92 Å². The van der Waals surface area contributed by atoms with Crippen LogP contribution in [0.4, 0.5) is 11.4 Å². The number of hydrogen-bond donors (Lipinski definition) is 0. The molecule has 1 atom stereocenters. The van der Waals surface area contributed by atoms with E-state index in [1.165, 1.54) is 0 Å². The molecule has 2 aromatic rings. The third-order valence-corrected chi connectivity index (χ3v) is 4.53. The van der Waals surface area contributed by atoms with Gasteiger partial charge in [-0.25, -0.2) is 0 Å². The fraction of sp³-hybridized carbons (Fsp3) is 0.300. The molecule has 0 N–H and O–H groups in total. The summed E-state index contributed by atoms with van der Waals surface area (Å²) in [6.45, 7) is 4.99. The molecule has 24 heavy (non-hydrogen) atoms. The fourth-order valence-electron chi connectivity index (χ4n) is 3.27. The Hall–Kier alpha value is -2.62. The van der Waals surface area contributed by atoms with E-state index in [-0.39, 0.29) is 24.2 Å². The minimum Gasteiger partial charge on any atom is -0.312 e. The van der Waals surface area contributed by atoms with E-state index in [9.17, 15) is 9.59 Å². The van der Waals surface area contributed by atoms with Gasteiger partial charge < -0.3 is 9.80 Å². The van der Waals surface area contributed by atoms with Gasteiger partial charge >= 0.3 is 0 Å². The second kappa shape index (κ2) is 6.87. The first kappa shape index (κ1) is 16.2. The minimum absolute atomic E-state index is 0.0202. The van der Waals surface area contributed by atoms with Crippen LogP contribution in [-0.4, -0.2) is 24.9 Å². The summed E-state index contributed by atoms with van der Waals surface area (Å²) in [4.78, 5) is 28.9. The summed E-state index contributed by atoms with van der Waals surface area (Å²) in [5.41, 5.74) is 2.83. The van der Waals surface area contributed by atoms with Crippen LogP contribution in [0.25, 0.3) is 0 Å². The molecule has 1 aliphatic heterocycles. The van der Waals surface area contributed by atoms with Gasteiger partial charge in [0.25, 0.3) is 0 Å². The average Bonchev–Trinajstić information content (AvgIpc) is 2.98. The first-order valence-electron chi connectivity index (χ1n) is 8.34. The van der Waals surface area contributed by atoms with Crippen molar-refractivity contribution in [1.82, 2.24) is 0 Å². The van der Waals surface area contributed by atoms with E-state index < -0.39 is 0 Å². The zero-order valence-corrected chi connectivity index (χ0v) is 14.1. The summed E-state index contributed by atoms with van der Waals surface area (Å²) in [5, 5.41) is 0. The number of anilines is 2. The first-order valence-corrected chi connectivity index (χ1v) is 8.34. The number of rotatable bonds is 4. The van der Waals surface area contributed by atoms with E-state index in [2.05, 4.69) is 0 Å². The summed E-state index contributed by atoms with van der Waals surface area (Å²) in [5.74, 6) is -0.253. The molecule has 0 aliphatic carbocycles. The SMILES string of the molecule is CCN(C(=O)[C@@H]1CC(=O)N(c2ccccc2C)C1)c1ccccc1. The van der Waals surface area contributed by atoms with Gasteiger partial charge in [0, 0.05) is 30.9 Å². The summed E-state index contributed by atoms with van der Waals surface area (Å²) in [6.07, 6.45) is 0.274. The number of para-hydroxylation sites is 2. The lowest BCUT2D eigenvalue weighted by molar-refractivity contribution is -0.124. The molecule has 1 aliphatic rings. The maximum atomic E-state index is 12.9. The molecule has 0 aromatic heterocycles. The van der Waals surface area contributed by atoms with Crippen molar-refractivity contribution >= 4 is 23.2 Å². The number of nitrogens with zero attached hydrogens (tertiary/aromatic N) is 2. The number of benzene rings is 2. The van der Waals surface area contributed by atoms with E-state index >= 15 is 0 Å². The summed E-state index contributed by atoms with van der Waals surface area (Å²) in [6, 6.07) is 17.4. The molecular formula is C20H22N2O2. The van der Waals surface area contributed by atoms with Crippen LogP contribution < -0.4 is 9.80 Å². The Morgan fingerprint density at radius 3 is 2.46 bits per heavy atom. The van der Waals surface area contributed by atoms with Crippen LogP contribution in [0.5, 0.6) is 0 Å². The zero-order valence-electron chi connectivity index (χ0n) is 14.1. The molecule has 124 valence electrons. The van der Waals surface area contributed by atoms with E-state index in [0.717, 1.165) is 16.9 Å². The van der Waals surface area contributed by atoms with Crippen LogP contribution in [-0.2, 0) is 9.59 Å². The molecule has 4 heteroatoms. The number of aryl methyl sites for hydroxylation is 1. The maximum Gasteiger partial charge on any atom is 0.232 e. The van der Waals surface area contributed by atoms with Crippen LogP contribution in [0.15, 0.2) is 54.6 Å². The Bertz CT molecular complexity index is 742. The van der Waals surface area contributed by atoms with Crippen LogP contribution in [0.2, 0.25) is 0 Å². The van der Waals surface area contributed by atoms with Crippen molar-refractivity contribution in [3.05, 3.63) is 60.2 Å². The Labute approximate surface area is 142 Å². The molecular weight excluding hydrogens is 300 g/mol. The van der Waals surface area contributed by atoms with E-state index in [4.69, 9.17) is 0 Å². The molecule has 4 nitrogen and oxygen atoms in total. The van der Waals surface area contributed by atoms with Gasteiger partial charge in [-0.2, -0.15) is 0 Å². The normalized spacial score (nSPS) is 17.2.